The minimum absolute atomic E-state index is 0.0666. The number of Topliss-reactive ketones (excluding diaryl/α,β-unsaturated/α-hetero) is 1. The molecule has 0 heterocycles. The van der Waals surface area contributed by atoms with Crippen LogP contribution in [0.3, 0.4) is 0 Å². The van der Waals surface area contributed by atoms with E-state index >= 15 is 0 Å². The molecule has 1 aliphatic rings. The Morgan fingerprint density at radius 2 is 1.66 bits per heavy atom. The number of benzene rings is 1. The molecule has 0 spiro atoms. The third-order valence-corrected chi connectivity index (χ3v) is 5.16. The van der Waals surface area contributed by atoms with E-state index in [1.165, 1.54) is 13.8 Å². The lowest BCUT2D eigenvalue weighted by Gasteiger charge is -2.31. The van der Waals surface area contributed by atoms with Gasteiger partial charge >= 0.3 is 11.9 Å². The summed E-state index contributed by atoms with van der Waals surface area (Å²) >= 11 is 0. The van der Waals surface area contributed by atoms with Crippen LogP contribution in [0.2, 0.25) is 0 Å². The molecule has 0 saturated heterocycles. The Hall–Kier alpha value is -2.69. The van der Waals surface area contributed by atoms with Crippen LogP contribution in [0, 0.1) is 5.92 Å². The molecule has 0 saturated carbocycles. The molecule has 0 radical (unpaired) electrons. The lowest BCUT2D eigenvalue weighted by Crippen LogP contribution is -2.24. The fraction of sp³-hybridized carbons (Fsp3) is 0.458. The van der Waals surface area contributed by atoms with Crippen LogP contribution >= 0.6 is 0 Å². The van der Waals surface area contributed by atoms with Crippen molar-refractivity contribution in [3.8, 4) is 11.5 Å². The Balaban J connectivity index is 2.73. The van der Waals surface area contributed by atoms with Gasteiger partial charge in [0.15, 0.2) is 5.78 Å². The molecular weight excluding hydrogens is 368 g/mol. The zero-order chi connectivity index (χ0) is 21.7. The maximum absolute atomic E-state index is 12.3. The van der Waals surface area contributed by atoms with Gasteiger partial charge in [-0.1, -0.05) is 31.6 Å². The van der Waals surface area contributed by atoms with E-state index in [0.29, 0.717) is 29.1 Å². The molecule has 0 N–H and O–H groups in total. The molecule has 0 fully saturated rings. The average Bonchev–Trinajstić information content (AvgIpc) is 2.61. The van der Waals surface area contributed by atoms with Crippen LogP contribution in [0.1, 0.15) is 70.9 Å². The number of hydrogen-bond donors (Lipinski definition) is 0. The zero-order valence-corrected chi connectivity index (χ0v) is 18.0. The maximum Gasteiger partial charge on any atom is 0.308 e. The molecule has 5 heteroatoms. The summed E-state index contributed by atoms with van der Waals surface area (Å²) in [5.41, 5.74) is 3.04. The first kappa shape index (κ1) is 22.6. The Kier molecular flexibility index (Phi) is 7.54. The van der Waals surface area contributed by atoms with Crippen molar-refractivity contribution >= 4 is 17.7 Å². The van der Waals surface area contributed by atoms with Crippen molar-refractivity contribution in [1.82, 2.24) is 0 Å². The summed E-state index contributed by atoms with van der Waals surface area (Å²) in [6.45, 7) is 12.5. The molecule has 1 aromatic rings. The first-order valence-electron chi connectivity index (χ1n) is 10.0. The summed E-state index contributed by atoms with van der Waals surface area (Å²) < 4.78 is 11.1. The molecule has 0 bridgehead atoms. The molecule has 1 aromatic carbocycles. The topological polar surface area (TPSA) is 69.7 Å². The first-order chi connectivity index (χ1) is 13.6. The number of hydrogen-bond acceptors (Lipinski definition) is 5. The van der Waals surface area contributed by atoms with E-state index in [2.05, 4.69) is 13.5 Å². The third kappa shape index (κ3) is 5.66. The summed E-state index contributed by atoms with van der Waals surface area (Å²) in [5, 5.41) is 0. The fourth-order valence-electron chi connectivity index (χ4n) is 3.72. The van der Waals surface area contributed by atoms with Crippen LogP contribution < -0.4 is 9.47 Å². The Bertz CT molecular complexity index is 825. The molecule has 0 aromatic heterocycles. The summed E-state index contributed by atoms with van der Waals surface area (Å²) in [7, 11) is 0. The van der Waals surface area contributed by atoms with Gasteiger partial charge in [0, 0.05) is 31.7 Å². The van der Waals surface area contributed by atoms with Crippen LogP contribution in [0.15, 0.2) is 35.9 Å². The number of rotatable bonds is 7. The number of ether oxygens (including phenoxy) is 2. The molecule has 2 rings (SSSR count). The average molecular weight is 398 g/mol. The van der Waals surface area contributed by atoms with E-state index in [0.717, 1.165) is 30.4 Å². The maximum atomic E-state index is 12.3. The van der Waals surface area contributed by atoms with Crippen molar-refractivity contribution < 1.29 is 23.9 Å². The van der Waals surface area contributed by atoms with Crippen molar-refractivity contribution in [1.29, 1.82) is 0 Å². The zero-order valence-electron chi connectivity index (χ0n) is 18.0. The van der Waals surface area contributed by atoms with Gasteiger partial charge in [-0.15, -0.1) is 0 Å². The second-order valence-corrected chi connectivity index (χ2v) is 7.75. The van der Waals surface area contributed by atoms with Crippen LogP contribution in [0.5, 0.6) is 11.5 Å². The van der Waals surface area contributed by atoms with Crippen molar-refractivity contribution in [3.63, 3.8) is 0 Å². The smallest absolute Gasteiger partial charge is 0.308 e. The molecule has 29 heavy (non-hydrogen) atoms. The van der Waals surface area contributed by atoms with Crippen LogP contribution in [0.25, 0.3) is 0 Å². The normalized spacial score (nSPS) is 18.8. The quantitative estimate of drug-likeness (QED) is 0.364. The molecule has 0 aliphatic heterocycles. The molecule has 5 nitrogen and oxygen atoms in total. The minimum atomic E-state index is -0.452. The number of aryl methyl sites for hydroxylation is 1. The fourth-order valence-corrected chi connectivity index (χ4v) is 3.72. The van der Waals surface area contributed by atoms with Gasteiger partial charge in [0.1, 0.15) is 11.5 Å². The van der Waals surface area contributed by atoms with Gasteiger partial charge < -0.3 is 9.47 Å². The van der Waals surface area contributed by atoms with Gasteiger partial charge in [-0.2, -0.15) is 0 Å². The number of ketones is 1. The Morgan fingerprint density at radius 3 is 2.10 bits per heavy atom. The van der Waals surface area contributed by atoms with Crippen LogP contribution in [-0.4, -0.2) is 17.7 Å². The molecule has 2 unspecified atom stereocenters. The predicted molar refractivity (Wildman–Crippen MR) is 112 cm³/mol. The molecule has 1 aliphatic carbocycles. The first-order valence-corrected chi connectivity index (χ1v) is 10.0. The number of allylic oxidation sites excluding steroid dienone is 3. The highest BCUT2D eigenvalue weighted by Crippen LogP contribution is 2.46. The Labute approximate surface area is 172 Å². The summed E-state index contributed by atoms with van der Waals surface area (Å²) in [6, 6.07) is 3.68. The van der Waals surface area contributed by atoms with Crippen molar-refractivity contribution in [2.75, 3.05) is 0 Å². The van der Waals surface area contributed by atoms with Gasteiger partial charge in [-0.3, -0.25) is 14.4 Å². The number of carbonyl (C=O) groups is 3. The molecule has 156 valence electrons. The van der Waals surface area contributed by atoms with E-state index in [-0.39, 0.29) is 17.6 Å². The van der Waals surface area contributed by atoms with Crippen molar-refractivity contribution in [2.45, 2.75) is 66.2 Å². The molecule has 0 amide bonds. The van der Waals surface area contributed by atoms with Crippen molar-refractivity contribution in [2.24, 2.45) is 5.92 Å². The van der Waals surface area contributed by atoms with E-state index in [1.54, 1.807) is 6.92 Å². The Morgan fingerprint density at radius 1 is 1.10 bits per heavy atom. The van der Waals surface area contributed by atoms with Gasteiger partial charge in [0.25, 0.3) is 0 Å². The second kappa shape index (κ2) is 9.68. The largest absolute Gasteiger partial charge is 0.426 e. The van der Waals surface area contributed by atoms with E-state index in [1.807, 2.05) is 25.1 Å². The summed E-state index contributed by atoms with van der Waals surface area (Å²) in [5.74, 6) is -0.546. The van der Waals surface area contributed by atoms with Crippen molar-refractivity contribution in [3.05, 3.63) is 47.1 Å². The summed E-state index contributed by atoms with van der Waals surface area (Å²) in [4.78, 5) is 35.9. The number of esters is 2. The second-order valence-electron chi connectivity index (χ2n) is 7.75. The van der Waals surface area contributed by atoms with Gasteiger partial charge in [0.05, 0.1) is 0 Å². The van der Waals surface area contributed by atoms with Gasteiger partial charge in [0.2, 0.25) is 0 Å². The minimum Gasteiger partial charge on any atom is -0.426 e. The highest BCUT2D eigenvalue weighted by Gasteiger charge is 2.34. The lowest BCUT2D eigenvalue weighted by molar-refractivity contribution is -0.132. The molecule has 2 atom stereocenters. The summed E-state index contributed by atoms with van der Waals surface area (Å²) in [6.07, 6.45) is 4.94. The monoisotopic (exact) mass is 398 g/mol. The van der Waals surface area contributed by atoms with Gasteiger partial charge in [-0.25, -0.2) is 0 Å². The van der Waals surface area contributed by atoms with E-state index in [4.69, 9.17) is 9.47 Å². The predicted octanol–water partition coefficient (Wildman–Crippen LogP) is 5.07. The van der Waals surface area contributed by atoms with E-state index < -0.39 is 11.9 Å². The van der Waals surface area contributed by atoms with Gasteiger partial charge in [-0.05, 0) is 55.9 Å². The van der Waals surface area contributed by atoms with Crippen LogP contribution in [0.4, 0.5) is 0 Å². The SMILES string of the molecule is C=C(C)C1CC(=O)C(C)=CC1c1c(OC(C)=O)cc(CCCC)cc1OC(C)=O. The highest BCUT2D eigenvalue weighted by atomic mass is 16.5. The lowest BCUT2D eigenvalue weighted by atomic mass is 9.73. The molecular formula is C24H30O5. The third-order valence-electron chi connectivity index (χ3n) is 5.16. The number of unbranched alkanes of at least 4 members (excludes halogenated alkanes) is 1. The standard InChI is InChI=1S/C24H30O5/c1-7-8-9-18-11-22(28-16(5)25)24(23(12-18)29-17(6)26)20-10-15(4)21(27)13-19(20)14(2)3/h10-12,19-20H,2,7-9,13H2,1,3-6H3. The number of carbonyl (C=O) groups excluding carboxylic acids is 3. The highest BCUT2D eigenvalue weighted by molar-refractivity contribution is 5.96. The van der Waals surface area contributed by atoms with E-state index in [9.17, 15) is 14.4 Å². The van der Waals surface area contributed by atoms with Crippen LogP contribution in [-0.2, 0) is 20.8 Å².